The van der Waals surface area contributed by atoms with Crippen molar-refractivity contribution in [3.05, 3.63) is 46.7 Å². The van der Waals surface area contributed by atoms with Gasteiger partial charge in [-0.05, 0) is 31.2 Å². The van der Waals surface area contributed by atoms with Crippen LogP contribution in [0.5, 0.6) is 0 Å². The van der Waals surface area contributed by atoms with Crippen molar-refractivity contribution >= 4 is 40.7 Å². The lowest BCUT2D eigenvalue weighted by Gasteiger charge is -2.34. The van der Waals surface area contributed by atoms with Gasteiger partial charge in [0.05, 0.1) is 36.9 Å². The molecule has 3 rings (SSSR count). The average Bonchev–Trinajstić information content (AvgIpc) is 2.65. The normalized spacial score (nSPS) is 16.5. The molecule has 1 aromatic heterocycles. The van der Waals surface area contributed by atoms with E-state index < -0.39 is 0 Å². The molecule has 2 aromatic rings. The van der Waals surface area contributed by atoms with Crippen LogP contribution in [0.25, 0.3) is 0 Å². The molecule has 8 heteroatoms. The minimum absolute atomic E-state index is 0.0661. The number of nitrogens with one attached hydrogen (secondary N) is 2. The summed E-state index contributed by atoms with van der Waals surface area (Å²) in [6.45, 7) is 5.24. The minimum Gasteiger partial charge on any atom is -0.330 e. The number of halogens is 2. The Morgan fingerprint density at radius 3 is 2.60 bits per heavy atom. The van der Waals surface area contributed by atoms with E-state index in [4.69, 9.17) is 23.2 Å². The fourth-order valence-corrected chi connectivity index (χ4v) is 3.24. The maximum absolute atomic E-state index is 12.6. The van der Waals surface area contributed by atoms with Gasteiger partial charge < -0.3 is 15.1 Å². The summed E-state index contributed by atoms with van der Waals surface area (Å²) in [5, 5.41) is 3.89. The average molecular weight is 381 g/mol. The largest absolute Gasteiger partial charge is 0.330 e. The summed E-state index contributed by atoms with van der Waals surface area (Å²) in [6, 6.07) is 6.65. The molecule has 1 amide bonds. The monoisotopic (exact) mass is 380 g/mol. The zero-order valence-corrected chi connectivity index (χ0v) is 15.4. The van der Waals surface area contributed by atoms with Gasteiger partial charge in [-0.15, -0.1) is 0 Å². The van der Waals surface area contributed by atoms with Gasteiger partial charge in [0, 0.05) is 17.4 Å². The third kappa shape index (κ3) is 4.39. The van der Waals surface area contributed by atoms with Crippen molar-refractivity contribution in [2.24, 2.45) is 0 Å². The van der Waals surface area contributed by atoms with Crippen LogP contribution in [-0.4, -0.2) is 48.1 Å². The van der Waals surface area contributed by atoms with E-state index in [-0.39, 0.29) is 11.9 Å². The second-order valence-electron chi connectivity index (χ2n) is 6.03. The summed E-state index contributed by atoms with van der Waals surface area (Å²) in [5.74, 6) is 0.674. The third-order valence-electron chi connectivity index (χ3n) is 4.43. The minimum atomic E-state index is -0.186. The van der Waals surface area contributed by atoms with Gasteiger partial charge in [-0.1, -0.05) is 23.2 Å². The molecular formula is C17H20Cl2N5O+. The standard InChI is InChI=1S/C17H19Cl2N5O/c1-12(16(25)22-15-11-13(18)3-4-14(15)19)23-7-9-24(10-8-23)17-20-5-2-6-21-17/h2-6,11-12H,7-10H2,1H3,(H,22,25)/p+1/t12-/m1/s1. The fraction of sp³-hybridized carbons (Fsp3) is 0.353. The van der Waals surface area contributed by atoms with Crippen molar-refractivity contribution in [1.82, 2.24) is 9.97 Å². The number of rotatable bonds is 4. The lowest BCUT2D eigenvalue weighted by Crippen LogP contribution is -3.19. The molecule has 25 heavy (non-hydrogen) atoms. The molecule has 1 atom stereocenters. The lowest BCUT2D eigenvalue weighted by molar-refractivity contribution is -0.914. The number of carbonyl (C=O) groups excluding carboxylic acids is 1. The van der Waals surface area contributed by atoms with Crippen molar-refractivity contribution in [1.29, 1.82) is 0 Å². The van der Waals surface area contributed by atoms with Gasteiger partial charge >= 0.3 is 0 Å². The van der Waals surface area contributed by atoms with E-state index in [9.17, 15) is 4.79 Å². The highest BCUT2D eigenvalue weighted by molar-refractivity contribution is 6.35. The van der Waals surface area contributed by atoms with Gasteiger partial charge in [0.1, 0.15) is 0 Å². The summed E-state index contributed by atoms with van der Waals surface area (Å²) in [6.07, 6.45) is 3.48. The molecule has 0 unspecified atom stereocenters. The van der Waals surface area contributed by atoms with Crippen LogP contribution < -0.4 is 15.1 Å². The molecular weight excluding hydrogens is 361 g/mol. The van der Waals surface area contributed by atoms with E-state index in [1.807, 2.05) is 6.92 Å². The van der Waals surface area contributed by atoms with Crippen LogP contribution in [0.15, 0.2) is 36.7 Å². The molecule has 0 bridgehead atoms. The van der Waals surface area contributed by atoms with Crippen LogP contribution in [0.3, 0.4) is 0 Å². The highest BCUT2D eigenvalue weighted by Gasteiger charge is 2.30. The third-order valence-corrected chi connectivity index (χ3v) is 5.00. The topological polar surface area (TPSA) is 62.6 Å². The number of nitrogens with zero attached hydrogens (tertiary/aromatic N) is 3. The molecule has 0 radical (unpaired) electrons. The van der Waals surface area contributed by atoms with E-state index in [1.165, 1.54) is 4.90 Å². The van der Waals surface area contributed by atoms with Crippen LogP contribution in [0.2, 0.25) is 10.0 Å². The van der Waals surface area contributed by atoms with E-state index in [2.05, 4.69) is 20.2 Å². The van der Waals surface area contributed by atoms with Crippen molar-refractivity contribution in [3.8, 4) is 0 Å². The molecule has 0 saturated carbocycles. The molecule has 2 N–H and O–H groups in total. The Bertz CT molecular complexity index is 735. The lowest BCUT2D eigenvalue weighted by atomic mass is 10.2. The van der Waals surface area contributed by atoms with Gasteiger partial charge in [-0.3, -0.25) is 4.79 Å². The number of benzene rings is 1. The molecule has 2 heterocycles. The van der Waals surface area contributed by atoms with Crippen LogP contribution in [0.4, 0.5) is 11.6 Å². The number of quaternary nitrogens is 1. The van der Waals surface area contributed by atoms with Gasteiger partial charge in [0.25, 0.3) is 5.91 Å². The molecule has 1 fully saturated rings. The molecule has 1 aromatic carbocycles. The first-order valence-electron chi connectivity index (χ1n) is 8.17. The van der Waals surface area contributed by atoms with Crippen molar-refractivity contribution in [2.45, 2.75) is 13.0 Å². The molecule has 0 aliphatic carbocycles. The fourth-order valence-electron chi connectivity index (χ4n) is 2.90. The van der Waals surface area contributed by atoms with Crippen LogP contribution >= 0.6 is 23.2 Å². The number of aromatic nitrogens is 2. The molecule has 1 aliphatic rings. The van der Waals surface area contributed by atoms with E-state index in [1.54, 1.807) is 36.7 Å². The second-order valence-corrected chi connectivity index (χ2v) is 6.87. The number of piperazine rings is 1. The first-order chi connectivity index (χ1) is 12.0. The quantitative estimate of drug-likeness (QED) is 0.843. The predicted molar refractivity (Wildman–Crippen MR) is 99.5 cm³/mol. The first-order valence-corrected chi connectivity index (χ1v) is 8.92. The Kier molecular flexibility index (Phi) is 5.73. The zero-order valence-electron chi connectivity index (χ0n) is 13.9. The summed E-state index contributed by atoms with van der Waals surface area (Å²) < 4.78 is 0. The summed E-state index contributed by atoms with van der Waals surface area (Å²) in [7, 11) is 0. The van der Waals surface area contributed by atoms with Crippen molar-refractivity contribution in [2.75, 3.05) is 36.4 Å². The SMILES string of the molecule is C[C@H](C(=O)Nc1cc(Cl)ccc1Cl)[NH+]1CCN(c2ncccn2)CC1. The summed E-state index contributed by atoms with van der Waals surface area (Å²) in [5.41, 5.74) is 0.543. The molecule has 0 spiro atoms. The Morgan fingerprint density at radius 2 is 1.92 bits per heavy atom. The van der Waals surface area contributed by atoms with E-state index in [0.29, 0.717) is 15.7 Å². The van der Waals surface area contributed by atoms with Crippen LogP contribution in [-0.2, 0) is 4.79 Å². The maximum atomic E-state index is 12.6. The molecule has 6 nitrogen and oxygen atoms in total. The van der Waals surface area contributed by atoms with Crippen molar-refractivity contribution < 1.29 is 9.69 Å². The highest BCUT2D eigenvalue weighted by atomic mass is 35.5. The number of anilines is 2. The summed E-state index contributed by atoms with van der Waals surface area (Å²) in [4.78, 5) is 24.5. The molecule has 1 aliphatic heterocycles. The van der Waals surface area contributed by atoms with E-state index >= 15 is 0 Å². The number of hydrogen-bond donors (Lipinski definition) is 2. The van der Waals surface area contributed by atoms with Gasteiger partial charge in [-0.2, -0.15) is 0 Å². The predicted octanol–water partition coefficient (Wildman–Crippen LogP) is 1.52. The number of carbonyl (C=O) groups is 1. The maximum Gasteiger partial charge on any atom is 0.282 e. The Hall–Kier alpha value is -1.89. The Labute approximate surface area is 156 Å². The number of amides is 1. The van der Waals surface area contributed by atoms with Crippen LogP contribution in [0.1, 0.15) is 6.92 Å². The molecule has 1 saturated heterocycles. The van der Waals surface area contributed by atoms with Crippen molar-refractivity contribution in [3.63, 3.8) is 0 Å². The van der Waals surface area contributed by atoms with E-state index in [0.717, 1.165) is 32.1 Å². The van der Waals surface area contributed by atoms with Gasteiger partial charge in [-0.25, -0.2) is 9.97 Å². The van der Waals surface area contributed by atoms with Gasteiger partial charge in [0.15, 0.2) is 6.04 Å². The number of hydrogen-bond acceptors (Lipinski definition) is 4. The van der Waals surface area contributed by atoms with Crippen LogP contribution in [0, 0.1) is 0 Å². The second kappa shape index (κ2) is 7.99. The Balaban J connectivity index is 1.57. The smallest absolute Gasteiger partial charge is 0.282 e. The highest BCUT2D eigenvalue weighted by Crippen LogP contribution is 2.25. The Morgan fingerprint density at radius 1 is 1.24 bits per heavy atom. The molecule has 132 valence electrons. The summed E-state index contributed by atoms with van der Waals surface area (Å²) >= 11 is 12.1. The zero-order chi connectivity index (χ0) is 17.8. The van der Waals surface area contributed by atoms with Gasteiger partial charge in [0.2, 0.25) is 5.95 Å². The first kappa shape index (κ1) is 17.9.